The lowest BCUT2D eigenvalue weighted by molar-refractivity contribution is -0.115. The van der Waals surface area contributed by atoms with Gasteiger partial charge in [-0.25, -0.2) is 0 Å². The Labute approximate surface area is 82.1 Å². The van der Waals surface area contributed by atoms with Gasteiger partial charge in [0, 0.05) is 6.54 Å². The lowest BCUT2D eigenvalue weighted by atomic mass is 10.3. The summed E-state index contributed by atoms with van der Waals surface area (Å²) in [6.45, 7) is 9.22. The van der Waals surface area contributed by atoms with Crippen molar-refractivity contribution in [1.82, 2.24) is 5.32 Å². The maximum atomic E-state index is 11.1. The Morgan fingerprint density at radius 1 is 1.38 bits per heavy atom. The van der Waals surface area contributed by atoms with E-state index < -0.39 is 8.07 Å². The molecule has 0 saturated carbocycles. The average Bonchev–Trinajstić information content (AvgIpc) is 2.00. The van der Waals surface area contributed by atoms with E-state index in [2.05, 4.69) is 43.3 Å². The molecule has 0 rings (SSSR count). The molecular weight excluding hydrogens is 178 g/mol. The van der Waals surface area contributed by atoms with Gasteiger partial charge in [0.05, 0.1) is 0 Å². The Hall–Kier alpha value is -0.753. The summed E-state index contributed by atoms with van der Waals surface area (Å²) in [6, 6.07) is 0. The van der Waals surface area contributed by atoms with Crippen LogP contribution in [0.1, 0.15) is 19.8 Å². The summed E-state index contributed by atoms with van der Waals surface area (Å²) in [6.07, 6.45) is 2.13. The number of rotatable bonds is 3. The number of unbranched alkanes of at least 4 members (excludes halogenated alkanes) is 1. The number of carbonyl (C=O) groups is 1. The predicted molar refractivity (Wildman–Crippen MR) is 59.0 cm³/mol. The van der Waals surface area contributed by atoms with E-state index in [9.17, 15) is 4.79 Å². The summed E-state index contributed by atoms with van der Waals surface area (Å²) in [7, 11) is -1.39. The number of carbonyl (C=O) groups excluding carboxylic acids is 1. The lowest BCUT2D eigenvalue weighted by Crippen LogP contribution is -2.24. The van der Waals surface area contributed by atoms with Crippen LogP contribution in [0.15, 0.2) is 0 Å². The fourth-order valence-corrected chi connectivity index (χ4v) is 1.16. The molecule has 13 heavy (non-hydrogen) atoms. The zero-order valence-electron chi connectivity index (χ0n) is 9.03. The molecule has 0 bridgehead atoms. The molecule has 0 fully saturated rings. The summed E-state index contributed by atoms with van der Waals surface area (Å²) in [5, 5.41) is 2.77. The van der Waals surface area contributed by atoms with Crippen molar-refractivity contribution in [3.05, 3.63) is 0 Å². The van der Waals surface area contributed by atoms with Gasteiger partial charge >= 0.3 is 0 Å². The van der Waals surface area contributed by atoms with Gasteiger partial charge in [-0.2, -0.15) is 0 Å². The molecule has 0 aromatic rings. The molecule has 0 spiro atoms. The van der Waals surface area contributed by atoms with E-state index in [0.717, 1.165) is 19.4 Å². The highest BCUT2D eigenvalue weighted by molar-refractivity contribution is 6.84. The number of amides is 1. The van der Waals surface area contributed by atoms with E-state index >= 15 is 0 Å². The lowest BCUT2D eigenvalue weighted by Gasteiger charge is -2.03. The highest BCUT2D eigenvalue weighted by atomic mass is 28.3. The van der Waals surface area contributed by atoms with Gasteiger partial charge < -0.3 is 5.32 Å². The summed E-state index contributed by atoms with van der Waals surface area (Å²) in [5.41, 5.74) is 3.03. The maximum absolute atomic E-state index is 11.1. The highest BCUT2D eigenvalue weighted by Crippen LogP contribution is 1.95. The fraction of sp³-hybridized carbons (Fsp3) is 0.700. The third-order valence-corrected chi connectivity index (χ3v) is 2.24. The van der Waals surface area contributed by atoms with Crippen LogP contribution in [0.4, 0.5) is 0 Å². The van der Waals surface area contributed by atoms with Crippen molar-refractivity contribution in [2.24, 2.45) is 0 Å². The number of hydrogen-bond acceptors (Lipinski definition) is 1. The van der Waals surface area contributed by atoms with Crippen molar-refractivity contribution in [3.8, 4) is 11.5 Å². The summed E-state index contributed by atoms with van der Waals surface area (Å²) in [5.74, 6) is 2.51. The number of hydrogen-bond donors (Lipinski definition) is 1. The minimum atomic E-state index is -1.39. The smallest absolute Gasteiger partial charge is 0.295 e. The van der Waals surface area contributed by atoms with Crippen LogP contribution < -0.4 is 5.32 Å². The minimum absolute atomic E-state index is 0.129. The van der Waals surface area contributed by atoms with Crippen LogP contribution in [0.25, 0.3) is 0 Å². The second-order valence-electron chi connectivity index (χ2n) is 4.11. The van der Waals surface area contributed by atoms with Gasteiger partial charge in [-0.3, -0.25) is 4.79 Å². The molecule has 0 heterocycles. The SMILES string of the molecule is CCCCNC(=O)C#C[Si](C)(C)C. The van der Waals surface area contributed by atoms with Crippen LogP contribution in [0.3, 0.4) is 0 Å². The Kier molecular flexibility index (Phi) is 5.48. The summed E-state index contributed by atoms with van der Waals surface area (Å²) >= 11 is 0. The molecule has 74 valence electrons. The Bertz CT molecular complexity index is 219. The van der Waals surface area contributed by atoms with Crippen LogP contribution in [-0.4, -0.2) is 20.5 Å². The molecule has 0 radical (unpaired) electrons. The van der Waals surface area contributed by atoms with Crippen molar-refractivity contribution in [3.63, 3.8) is 0 Å². The van der Waals surface area contributed by atoms with E-state index in [-0.39, 0.29) is 5.91 Å². The van der Waals surface area contributed by atoms with Gasteiger partial charge in [-0.15, -0.1) is 5.54 Å². The van der Waals surface area contributed by atoms with Gasteiger partial charge in [0.25, 0.3) is 5.91 Å². The van der Waals surface area contributed by atoms with Crippen molar-refractivity contribution < 1.29 is 4.79 Å². The number of nitrogens with one attached hydrogen (secondary N) is 1. The largest absolute Gasteiger partial charge is 0.345 e. The standard InChI is InChI=1S/C10H19NOSi/c1-5-6-8-11-10(12)7-9-13(2,3)4/h5-6,8H2,1-4H3,(H,11,12). The molecule has 0 unspecified atom stereocenters. The monoisotopic (exact) mass is 197 g/mol. The molecule has 1 amide bonds. The van der Waals surface area contributed by atoms with E-state index in [1.165, 1.54) is 0 Å². The summed E-state index contributed by atoms with van der Waals surface area (Å²) in [4.78, 5) is 11.1. The molecule has 0 saturated heterocycles. The van der Waals surface area contributed by atoms with Crippen LogP contribution in [-0.2, 0) is 4.79 Å². The van der Waals surface area contributed by atoms with Gasteiger partial charge in [0.2, 0.25) is 0 Å². The topological polar surface area (TPSA) is 29.1 Å². The molecule has 2 nitrogen and oxygen atoms in total. The Morgan fingerprint density at radius 3 is 2.46 bits per heavy atom. The quantitative estimate of drug-likeness (QED) is 0.417. The van der Waals surface area contributed by atoms with E-state index in [1.54, 1.807) is 0 Å². The first kappa shape index (κ1) is 12.2. The first-order valence-corrected chi connectivity index (χ1v) is 8.26. The zero-order valence-corrected chi connectivity index (χ0v) is 10.0. The van der Waals surface area contributed by atoms with E-state index in [4.69, 9.17) is 0 Å². The van der Waals surface area contributed by atoms with E-state index in [1.807, 2.05) is 0 Å². The second kappa shape index (κ2) is 5.82. The highest BCUT2D eigenvalue weighted by Gasteiger charge is 2.08. The third kappa shape index (κ3) is 9.16. The maximum Gasteiger partial charge on any atom is 0.295 e. The van der Waals surface area contributed by atoms with Gasteiger partial charge in [-0.05, 0) is 12.3 Å². The van der Waals surface area contributed by atoms with E-state index in [0.29, 0.717) is 0 Å². The molecular formula is C10H19NOSi. The molecule has 0 aromatic carbocycles. The van der Waals surface area contributed by atoms with Crippen molar-refractivity contribution in [2.75, 3.05) is 6.54 Å². The van der Waals surface area contributed by atoms with Gasteiger partial charge in [-0.1, -0.05) is 33.0 Å². The Balaban J connectivity index is 3.78. The molecule has 0 aliphatic carbocycles. The molecule has 1 N–H and O–H groups in total. The van der Waals surface area contributed by atoms with Crippen LogP contribution in [0, 0.1) is 11.5 Å². The molecule has 3 heteroatoms. The Morgan fingerprint density at radius 2 is 2.00 bits per heavy atom. The van der Waals surface area contributed by atoms with Crippen LogP contribution >= 0.6 is 0 Å². The fourth-order valence-electron chi connectivity index (χ4n) is 0.667. The average molecular weight is 197 g/mol. The molecule has 0 aliphatic rings. The van der Waals surface area contributed by atoms with Crippen molar-refractivity contribution in [2.45, 2.75) is 39.4 Å². The first-order valence-electron chi connectivity index (χ1n) is 4.76. The molecule has 0 aliphatic heterocycles. The van der Waals surface area contributed by atoms with Crippen LogP contribution in [0.2, 0.25) is 19.6 Å². The second-order valence-corrected chi connectivity index (χ2v) is 8.86. The zero-order chi connectivity index (χ0) is 10.3. The van der Waals surface area contributed by atoms with Crippen molar-refractivity contribution in [1.29, 1.82) is 0 Å². The van der Waals surface area contributed by atoms with Gasteiger partial charge in [0.1, 0.15) is 8.07 Å². The van der Waals surface area contributed by atoms with Crippen molar-refractivity contribution >= 4 is 14.0 Å². The first-order chi connectivity index (χ1) is 5.95. The summed E-state index contributed by atoms with van der Waals surface area (Å²) < 4.78 is 0. The predicted octanol–water partition coefficient (Wildman–Crippen LogP) is 1.78. The minimum Gasteiger partial charge on any atom is -0.345 e. The van der Waals surface area contributed by atoms with Crippen LogP contribution in [0.5, 0.6) is 0 Å². The normalized spacial score (nSPS) is 10.2. The molecule has 0 aromatic heterocycles. The molecule has 0 atom stereocenters. The third-order valence-electron chi connectivity index (χ3n) is 1.37. The van der Waals surface area contributed by atoms with Gasteiger partial charge in [0.15, 0.2) is 0 Å².